The van der Waals surface area contributed by atoms with Gasteiger partial charge in [0.15, 0.2) is 11.5 Å². The first kappa shape index (κ1) is 78.5. The number of unbranched alkanes of at least 4 members (excludes halogenated alkanes) is 1. The first-order valence-corrected chi connectivity index (χ1v) is 36.4. The van der Waals surface area contributed by atoms with E-state index in [4.69, 9.17) is 4.74 Å². The molecule has 1 aliphatic heterocycles. The summed E-state index contributed by atoms with van der Waals surface area (Å²) in [6, 6.07) is 29.2. The number of ether oxygens (including phenoxy) is 1. The number of methoxy groups -OCH3 is 1. The second-order valence-corrected chi connectivity index (χ2v) is 29.8. The number of aliphatic hydroxyl groups is 1. The van der Waals surface area contributed by atoms with Crippen molar-refractivity contribution in [3.8, 4) is 21.9 Å². The number of amides is 8. The smallest absolute Gasteiger partial charge is 0.399 e. The van der Waals surface area contributed by atoms with Crippen LogP contribution in [0.5, 0.6) is 11.5 Å². The van der Waals surface area contributed by atoms with Crippen molar-refractivity contribution in [2.24, 2.45) is 5.41 Å². The number of benzene rings is 6. The van der Waals surface area contributed by atoms with E-state index >= 15 is 0 Å². The van der Waals surface area contributed by atoms with Crippen LogP contribution in [0.2, 0.25) is 0 Å². The molecule has 0 radical (unpaired) electrons. The van der Waals surface area contributed by atoms with Gasteiger partial charge in [-0.25, -0.2) is 4.98 Å². The highest BCUT2D eigenvalue weighted by atomic mass is 79.9. The van der Waals surface area contributed by atoms with Gasteiger partial charge >= 0.3 is 13.3 Å². The molecule has 1 saturated heterocycles. The van der Waals surface area contributed by atoms with Crippen molar-refractivity contribution in [1.29, 1.82) is 0 Å². The Morgan fingerprint density at radius 1 is 0.706 bits per heavy atom. The summed E-state index contributed by atoms with van der Waals surface area (Å²) in [5.41, 5.74) is 1.49. The number of carbonyl (C=O) groups excluding carboxylic acids is 8. The lowest BCUT2D eigenvalue weighted by atomic mass is 9.85. The second-order valence-electron chi connectivity index (χ2n) is 26.4. The van der Waals surface area contributed by atoms with Crippen LogP contribution in [0.4, 0.5) is 8.78 Å². The molecular formula is C74H85BrF2N9O14PS. The van der Waals surface area contributed by atoms with E-state index in [9.17, 15) is 71.7 Å². The fourth-order valence-electron chi connectivity index (χ4n) is 11.7. The number of phenols is 1. The van der Waals surface area contributed by atoms with Gasteiger partial charge in [-0.15, -0.1) is 11.3 Å². The summed E-state index contributed by atoms with van der Waals surface area (Å²) >= 11 is 4.98. The Bertz CT molecular complexity index is 4200. The molecule has 1 aliphatic rings. The maximum absolute atomic E-state index is 14.9. The number of aliphatic hydroxyl groups excluding tert-OH is 1. The molecule has 11 N–H and O–H groups in total. The number of nitrogens with zero attached hydrogens (tertiary/aromatic N) is 2. The molecule has 0 spiro atoms. The number of alkyl halides is 2. The van der Waals surface area contributed by atoms with Gasteiger partial charge in [0.25, 0.3) is 5.91 Å². The number of carbonyl (C=O) groups is 8. The maximum Gasteiger partial charge on any atom is 0.399 e. The van der Waals surface area contributed by atoms with Crippen molar-refractivity contribution in [1.82, 2.24) is 47.1 Å². The lowest BCUT2D eigenvalue weighted by Gasteiger charge is -2.35. The number of hydrogen-bond donors (Lipinski definition) is 11. The third-order valence-corrected chi connectivity index (χ3v) is 20.3. The van der Waals surface area contributed by atoms with E-state index in [2.05, 4.69) is 58.1 Å². The predicted octanol–water partition coefficient (Wildman–Crippen LogP) is 8.44. The fourth-order valence-corrected chi connectivity index (χ4v) is 13.4. The normalized spacial score (nSPS) is 15.4. The van der Waals surface area contributed by atoms with Crippen LogP contribution in [0.3, 0.4) is 0 Å². The van der Waals surface area contributed by atoms with Crippen LogP contribution >= 0.6 is 34.9 Å². The minimum atomic E-state index is -5.99. The van der Waals surface area contributed by atoms with E-state index in [-0.39, 0.29) is 81.1 Å². The average Bonchev–Trinajstić information content (AvgIpc) is 1.63. The molecule has 7 unspecified atom stereocenters. The number of aromatic nitrogens is 1. The Morgan fingerprint density at radius 2 is 1.31 bits per heavy atom. The number of aromatic hydroxyl groups is 1. The van der Waals surface area contributed by atoms with E-state index in [1.54, 1.807) is 99.1 Å². The highest BCUT2D eigenvalue weighted by Gasteiger charge is 2.50. The Morgan fingerprint density at radius 3 is 1.94 bits per heavy atom. The third kappa shape index (κ3) is 21.4. The zero-order chi connectivity index (χ0) is 74.2. The van der Waals surface area contributed by atoms with E-state index < -0.39 is 114 Å². The van der Waals surface area contributed by atoms with Gasteiger partial charge < -0.3 is 66.9 Å². The molecule has 7 atom stereocenters. The molecule has 0 bridgehead atoms. The van der Waals surface area contributed by atoms with E-state index in [1.807, 2.05) is 45.0 Å². The van der Waals surface area contributed by atoms with Crippen molar-refractivity contribution in [2.75, 3.05) is 20.2 Å². The molecule has 2 heterocycles. The number of likely N-dealkylation sites (tertiary alicyclic amines) is 1. The molecular weight excluding hydrogens is 1420 g/mol. The van der Waals surface area contributed by atoms with Gasteiger partial charge in [0.2, 0.25) is 41.4 Å². The molecule has 102 heavy (non-hydrogen) atoms. The number of thiazole rings is 1. The predicted molar refractivity (Wildman–Crippen MR) is 384 cm³/mol. The van der Waals surface area contributed by atoms with Gasteiger partial charge in [-0.1, -0.05) is 152 Å². The Balaban J connectivity index is 0.985. The molecule has 0 aliphatic carbocycles. The van der Waals surface area contributed by atoms with Crippen LogP contribution in [0.25, 0.3) is 10.4 Å². The summed E-state index contributed by atoms with van der Waals surface area (Å²) in [7, 11) is -4.66. The van der Waals surface area contributed by atoms with Crippen LogP contribution in [-0.2, 0) is 76.0 Å². The number of rotatable bonds is 31. The van der Waals surface area contributed by atoms with Gasteiger partial charge in [-0.2, -0.15) is 8.78 Å². The first-order valence-electron chi connectivity index (χ1n) is 33.1. The van der Waals surface area contributed by atoms with Crippen LogP contribution in [0.15, 0.2) is 150 Å². The molecule has 7 aromatic rings. The summed E-state index contributed by atoms with van der Waals surface area (Å²) in [5.74, 6) is -5.15. The summed E-state index contributed by atoms with van der Waals surface area (Å²) in [4.78, 5) is 139. The lowest BCUT2D eigenvalue weighted by molar-refractivity contribution is -0.144. The summed E-state index contributed by atoms with van der Waals surface area (Å²) in [6.07, 6.45) is -1.55. The molecule has 1 aromatic heterocycles. The summed E-state index contributed by atoms with van der Waals surface area (Å²) < 4.78 is 47.6. The van der Waals surface area contributed by atoms with Crippen molar-refractivity contribution in [3.63, 3.8) is 0 Å². The molecule has 23 nitrogen and oxygen atoms in total. The number of β-amino-alcohol motifs (C(OH)–C–C–N with tert-alkyl or cyclic N) is 1. The number of nitrogens with one attached hydrogen (secondary N) is 7. The zero-order valence-corrected chi connectivity index (χ0v) is 60.7. The Hall–Kier alpha value is -9.24. The quantitative estimate of drug-likeness (QED) is 0.0143. The Labute approximate surface area is 602 Å². The monoisotopic (exact) mass is 1500 g/mol. The van der Waals surface area contributed by atoms with Crippen molar-refractivity contribution in [2.45, 2.75) is 147 Å². The SMILES string of the molecule is COc1cc(CC(=O)NC(Cc2ccccc2)C(=O)NC(Cc2ccc(C(F)(F)P(=O)(O)O)cc2)C(=O)NC(CCCCNC(=O)c2ccc(C)c(Br)c2)C(=O)NCc2cccc(CC(=O)NC(C(=O)N3CC(O)CC3C(=O)NC(C)c3ccc(-c4scnc4C)cc3)C(C)(C)C)c2)ccc1O. The minimum absolute atomic E-state index is 0.0165. The van der Waals surface area contributed by atoms with Gasteiger partial charge in [0, 0.05) is 54.5 Å². The molecule has 8 amide bonds. The average molecular weight is 1510 g/mol. The number of hydrogen-bond acceptors (Lipinski definition) is 14. The van der Waals surface area contributed by atoms with Gasteiger partial charge in [-0.3, -0.25) is 42.9 Å². The minimum Gasteiger partial charge on any atom is -0.504 e. The lowest BCUT2D eigenvalue weighted by Crippen LogP contribution is -2.58. The largest absolute Gasteiger partial charge is 0.504 e. The highest BCUT2D eigenvalue weighted by Crippen LogP contribution is 2.59. The maximum atomic E-state index is 14.9. The number of halogens is 3. The standard InChI is InChI=1S/C74H85BrF2N9O14PS/c1-43-19-23-53(38-56(43)75)67(91)78-31-12-11-18-57(83-70(94)59(34-47-20-28-54(29-21-47)74(76,77)101(97,98)99)84-69(93)58(33-46-14-9-8-10-15-46)82-63(89)37-49-22-30-61(88)62(35-49)100-7)68(92)79-40-50-17-13-16-48(32-50)36-64(90)85-66(73(4,5)6)72(96)86-41-55(87)39-60(86)71(95)81-44(2)51-24-26-52(27-25-51)65-45(3)80-42-102-65/h8-10,13-17,19-30,32,35,38,42,44,55,57-60,66,87-88H,11-12,18,31,33-34,36-37,39-41H2,1-7H3,(H,78,91)(H,79,92)(H,81,95)(H,82,89)(H,83,94)(H,84,93)(H,85,90)(H2,97,98,99). The molecule has 28 heteroatoms. The van der Waals surface area contributed by atoms with Crippen molar-refractivity contribution < 1.29 is 76.4 Å². The molecule has 1 fully saturated rings. The fraction of sp³-hybridized carbons (Fsp3) is 0.365. The van der Waals surface area contributed by atoms with Crippen molar-refractivity contribution in [3.05, 3.63) is 205 Å². The molecule has 542 valence electrons. The second kappa shape index (κ2) is 35.1. The van der Waals surface area contributed by atoms with Crippen LogP contribution < -0.4 is 42.0 Å². The van der Waals surface area contributed by atoms with Gasteiger partial charge in [0.05, 0.1) is 48.2 Å². The first-order chi connectivity index (χ1) is 48.3. The van der Waals surface area contributed by atoms with Gasteiger partial charge in [-0.05, 0) is 114 Å². The summed E-state index contributed by atoms with van der Waals surface area (Å²) in [6.45, 7) is 10.8. The highest BCUT2D eigenvalue weighted by molar-refractivity contribution is 9.10. The van der Waals surface area contributed by atoms with Crippen LogP contribution in [0.1, 0.15) is 120 Å². The number of phenolic OH excluding ortho intramolecular Hbond substituents is 1. The zero-order valence-electron chi connectivity index (χ0n) is 57.4. The van der Waals surface area contributed by atoms with E-state index in [0.717, 1.165) is 56.0 Å². The molecule has 8 rings (SSSR count). The Kier molecular flexibility index (Phi) is 27.0. The molecule has 6 aromatic carbocycles. The molecule has 0 saturated carbocycles. The van der Waals surface area contributed by atoms with E-state index in [0.29, 0.717) is 34.2 Å². The van der Waals surface area contributed by atoms with Gasteiger partial charge in [0.1, 0.15) is 30.2 Å². The van der Waals surface area contributed by atoms with Crippen LogP contribution in [0, 0.1) is 19.3 Å². The van der Waals surface area contributed by atoms with E-state index in [1.165, 1.54) is 41.5 Å². The van der Waals surface area contributed by atoms with Crippen molar-refractivity contribution >= 4 is 82.1 Å². The summed E-state index contributed by atoms with van der Waals surface area (Å²) in [5, 5.41) is 40.9. The number of aryl methyl sites for hydroxylation is 2. The third-order valence-electron chi connectivity index (χ3n) is 17.4. The topological polar surface area (TPSA) is 344 Å². The van der Waals surface area contributed by atoms with Crippen LogP contribution in [-0.4, -0.2) is 134 Å².